The maximum absolute atomic E-state index is 12.6. The molecule has 1 saturated carbocycles. The van der Waals surface area contributed by atoms with Crippen LogP contribution in [0.15, 0.2) is 30.4 Å². The van der Waals surface area contributed by atoms with E-state index in [1.165, 1.54) is 4.90 Å². The van der Waals surface area contributed by atoms with Gasteiger partial charge in [-0.1, -0.05) is 24.3 Å². The van der Waals surface area contributed by atoms with Crippen molar-refractivity contribution in [1.82, 2.24) is 10.2 Å². The number of rotatable bonds is 4. The third-order valence-corrected chi connectivity index (χ3v) is 6.03. The Morgan fingerprint density at radius 2 is 1.76 bits per heavy atom. The molecule has 1 N–H and O–H groups in total. The van der Waals surface area contributed by atoms with Crippen LogP contribution in [0.1, 0.15) is 27.9 Å². The Hall–Kier alpha value is -2.43. The molecule has 0 aromatic heterocycles. The number of hydrogen-bond acceptors (Lipinski definition) is 3. The van der Waals surface area contributed by atoms with Crippen molar-refractivity contribution >= 4 is 17.7 Å². The van der Waals surface area contributed by atoms with Crippen LogP contribution in [0.3, 0.4) is 0 Å². The fourth-order valence-corrected chi connectivity index (χ4v) is 4.56. The predicted octanol–water partition coefficient (Wildman–Crippen LogP) is 1.84. The van der Waals surface area contributed by atoms with Crippen LogP contribution in [0.5, 0.6) is 0 Å². The Balaban J connectivity index is 1.38. The third kappa shape index (κ3) is 2.41. The minimum absolute atomic E-state index is 0.0622. The van der Waals surface area contributed by atoms with Gasteiger partial charge in [0.05, 0.1) is 11.8 Å². The Labute approximate surface area is 147 Å². The molecule has 25 heavy (non-hydrogen) atoms. The van der Waals surface area contributed by atoms with Crippen molar-refractivity contribution in [2.24, 2.45) is 23.7 Å². The molecule has 3 aliphatic rings. The van der Waals surface area contributed by atoms with E-state index in [0.717, 1.165) is 17.5 Å². The number of fused-ring (bicyclic) bond motifs is 5. The van der Waals surface area contributed by atoms with Gasteiger partial charge in [-0.3, -0.25) is 19.3 Å². The number of hydrogen-bond donors (Lipinski definition) is 1. The Morgan fingerprint density at radius 1 is 1.12 bits per heavy atom. The first kappa shape index (κ1) is 16.1. The molecule has 2 fully saturated rings. The minimum atomic E-state index is -0.169. The number of aryl methyl sites for hydroxylation is 1. The molecule has 0 radical (unpaired) electrons. The van der Waals surface area contributed by atoms with Gasteiger partial charge in [-0.05, 0) is 49.3 Å². The summed E-state index contributed by atoms with van der Waals surface area (Å²) in [5.41, 5.74) is 2.65. The predicted molar refractivity (Wildman–Crippen MR) is 92.7 cm³/mol. The van der Waals surface area contributed by atoms with E-state index in [-0.39, 0.29) is 54.5 Å². The molecule has 1 saturated heterocycles. The summed E-state index contributed by atoms with van der Waals surface area (Å²) in [7, 11) is 0. The molecule has 4 rings (SSSR count). The highest BCUT2D eigenvalue weighted by molar-refractivity contribution is 6.06. The number of imide groups is 1. The zero-order chi connectivity index (χ0) is 17.7. The Morgan fingerprint density at radius 3 is 2.40 bits per heavy atom. The SMILES string of the molecule is Cc1cccc(C(=O)NCCN2C(=O)[C@H]3[C@H](C2=O)[C@H]2C=C[C@H]3C2)c1C. The number of carbonyl (C=O) groups is 3. The van der Waals surface area contributed by atoms with Crippen LogP contribution in [0.4, 0.5) is 0 Å². The van der Waals surface area contributed by atoms with Gasteiger partial charge in [0.25, 0.3) is 5.91 Å². The van der Waals surface area contributed by atoms with Crippen LogP contribution in [-0.4, -0.2) is 35.7 Å². The number of nitrogens with one attached hydrogen (secondary N) is 1. The highest BCUT2D eigenvalue weighted by Gasteiger charge is 2.58. The Bertz CT molecular complexity index is 768. The van der Waals surface area contributed by atoms with Gasteiger partial charge in [0.2, 0.25) is 11.8 Å². The van der Waals surface area contributed by atoms with Gasteiger partial charge >= 0.3 is 0 Å². The van der Waals surface area contributed by atoms with Crippen molar-refractivity contribution < 1.29 is 14.4 Å². The van der Waals surface area contributed by atoms with Crippen molar-refractivity contribution in [2.75, 3.05) is 13.1 Å². The summed E-state index contributed by atoms with van der Waals surface area (Å²) in [4.78, 5) is 38.9. The summed E-state index contributed by atoms with van der Waals surface area (Å²) < 4.78 is 0. The lowest BCUT2D eigenvalue weighted by molar-refractivity contribution is -0.140. The lowest BCUT2D eigenvalue weighted by atomic mass is 9.85. The molecular weight excluding hydrogens is 316 g/mol. The molecular formula is C20H22N2O3. The summed E-state index contributed by atoms with van der Waals surface area (Å²) in [5.74, 6) is -0.181. The van der Waals surface area contributed by atoms with Crippen LogP contribution in [0.2, 0.25) is 0 Å². The van der Waals surface area contributed by atoms with Crippen LogP contribution in [-0.2, 0) is 9.59 Å². The van der Waals surface area contributed by atoms with Gasteiger partial charge in [-0.15, -0.1) is 0 Å². The van der Waals surface area contributed by atoms with Crippen molar-refractivity contribution in [1.29, 1.82) is 0 Å². The second kappa shape index (κ2) is 5.83. The molecule has 5 heteroatoms. The number of likely N-dealkylation sites (tertiary alicyclic amines) is 1. The number of benzene rings is 1. The van der Waals surface area contributed by atoms with E-state index in [4.69, 9.17) is 0 Å². The highest BCUT2D eigenvalue weighted by Crippen LogP contribution is 2.52. The van der Waals surface area contributed by atoms with Crippen LogP contribution < -0.4 is 5.32 Å². The molecule has 3 amide bonds. The van der Waals surface area contributed by atoms with Crippen molar-refractivity contribution in [3.63, 3.8) is 0 Å². The number of carbonyl (C=O) groups excluding carboxylic acids is 3. The van der Waals surface area contributed by atoms with E-state index in [9.17, 15) is 14.4 Å². The van der Waals surface area contributed by atoms with Gasteiger partial charge in [0.1, 0.15) is 0 Å². The molecule has 130 valence electrons. The van der Waals surface area contributed by atoms with Crippen LogP contribution >= 0.6 is 0 Å². The third-order valence-electron chi connectivity index (χ3n) is 6.03. The maximum Gasteiger partial charge on any atom is 0.251 e. The maximum atomic E-state index is 12.6. The molecule has 1 aromatic carbocycles. The number of amides is 3. The second-order valence-corrected chi connectivity index (χ2v) is 7.33. The number of nitrogens with zero attached hydrogens (tertiary/aromatic N) is 1. The first-order chi connectivity index (χ1) is 12.0. The quantitative estimate of drug-likeness (QED) is 0.673. The van der Waals surface area contributed by atoms with E-state index >= 15 is 0 Å². The fraction of sp³-hybridized carbons (Fsp3) is 0.450. The smallest absolute Gasteiger partial charge is 0.251 e. The van der Waals surface area contributed by atoms with Crippen molar-refractivity contribution in [3.8, 4) is 0 Å². The average Bonchev–Trinajstić information content (AvgIpc) is 3.26. The van der Waals surface area contributed by atoms with Gasteiger partial charge in [0, 0.05) is 18.7 Å². The fourth-order valence-electron chi connectivity index (χ4n) is 4.56. The normalized spacial score (nSPS) is 29.4. The summed E-state index contributed by atoms with van der Waals surface area (Å²) in [6.07, 6.45) is 5.11. The molecule has 4 atom stereocenters. The van der Waals surface area contributed by atoms with E-state index in [2.05, 4.69) is 17.5 Å². The standard InChI is InChI=1S/C20H22N2O3/c1-11-4-3-5-15(12(11)2)18(23)21-8-9-22-19(24)16-13-6-7-14(10-13)17(16)20(22)25/h3-7,13-14,16-17H,8-10H2,1-2H3,(H,21,23)/t13-,14-,16+,17+/m0/s1. The highest BCUT2D eigenvalue weighted by atomic mass is 16.2. The summed E-state index contributed by atoms with van der Waals surface area (Å²) in [6.45, 7) is 4.42. The first-order valence-electron chi connectivity index (χ1n) is 8.87. The van der Waals surface area contributed by atoms with Crippen LogP contribution in [0.25, 0.3) is 0 Å². The van der Waals surface area contributed by atoms with Gasteiger partial charge < -0.3 is 5.32 Å². The zero-order valence-corrected chi connectivity index (χ0v) is 14.5. The monoisotopic (exact) mass is 338 g/mol. The van der Waals surface area contributed by atoms with E-state index < -0.39 is 0 Å². The van der Waals surface area contributed by atoms with E-state index in [0.29, 0.717) is 5.56 Å². The molecule has 5 nitrogen and oxygen atoms in total. The van der Waals surface area contributed by atoms with E-state index in [1.54, 1.807) is 6.07 Å². The molecule has 1 aliphatic heterocycles. The lowest BCUT2D eigenvalue weighted by Gasteiger charge is -2.17. The number of allylic oxidation sites excluding steroid dienone is 2. The van der Waals surface area contributed by atoms with Gasteiger partial charge in [0.15, 0.2) is 0 Å². The average molecular weight is 338 g/mol. The molecule has 1 aromatic rings. The summed E-state index contributed by atoms with van der Waals surface area (Å²) in [6, 6.07) is 5.61. The lowest BCUT2D eigenvalue weighted by Crippen LogP contribution is -2.39. The minimum Gasteiger partial charge on any atom is -0.350 e. The zero-order valence-electron chi connectivity index (χ0n) is 14.5. The van der Waals surface area contributed by atoms with Crippen molar-refractivity contribution in [3.05, 3.63) is 47.0 Å². The molecule has 0 unspecified atom stereocenters. The molecule has 2 aliphatic carbocycles. The molecule has 1 heterocycles. The largest absolute Gasteiger partial charge is 0.350 e. The molecule has 0 spiro atoms. The van der Waals surface area contributed by atoms with Crippen molar-refractivity contribution in [2.45, 2.75) is 20.3 Å². The summed E-state index contributed by atoms with van der Waals surface area (Å²) >= 11 is 0. The van der Waals surface area contributed by atoms with Gasteiger partial charge in [-0.25, -0.2) is 0 Å². The first-order valence-corrected chi connectivity index (χ1v) is 8.87. The topological polar surface area (TPSA) is 66.5 Å². The second-order valence-electron chi connectivity index (χ2n) is 7.33. The molecule has 2 bridgehead atoms. The van der Waals surface area contributed by atoms with Gasteiger partial charge in [-0.2, -0.15) is 0 Å². The summed E-state index contributed by atoms with van der Waals surface area (Å²) in [5, 5.41) is 2.84. The van der Waals surface area contributed by atoms with E-state index in [1.807, 2.05) is 26.0 Å². The van der Waals surface area contributed by atoms with Crippen LogP contribution in [0, 0.1) is 37.5 Å². The Kier molecular flexibility index (Phi) is 3.74.